The maximum absolute atomic E-state index is 13.3. The van der Waals surface area contributed by atoms with E-state index < -0.39 is 26.6 Å². The van der Waals surface area contributed by atoms with Crippen molar-refractivity contribution >= 4 is 26.0 Å². The van der Waals surface area contributed by atoms with Crippen LogP contribution in [0.3, 0.4) is 0 Å². The minimum absolute atomic E-state index is 0.104. The maximum Gasteiger partial charge on any atom is 0.243 e. The summed E-state index contributed by atoms with van der Waals surface area (Å²) in [6.45, 7) is 0.524. The van der Waals surface area contributed by atoms with E-state index >= 15 is 0 Å². The second kappa shape index (κ2) is 5.85. The van der Waals surface area contributed by atoms with Crippen molar-refractivity contribution in [3.05, 3.63) is 28.2 Å². The van der Waals surface area contributed by atoms with Gasteiger partial charge in [-0.2, -0.15) is 0 Å². The third kappa shape index (κ3) is 3.70. The maximum atomic E-state index is 13.3. The standard InChI is InChI=1S/C9H11BrF2N2O2S/c1-13-2-3-14-17(15,16)9-4-6(10)7(11)5-8(9)12/h4-5,13-14H,2-3H2,1H3. The molecule has 0 fully saturated rings. The molecule has 8 heteroatoms. The first-order valence-corrected chi connectivity index (χ1v) is 6.95. The zero-order valence-corrected chi connectivity index (χ0v) is 11.3. The molecule has 2 N–H and O–H groups in total. The fourth-order valence-electron chi connectivity index (χ4n) is 1.10. The molecule has 0 saturated carbocycles. The SMILES string of the molecule is CNCCNS(=O)(=O)c1cc(Br)c(F)cc1F. The van der Waals surface area contributed by atoms with E-state index in [-0.39, 0.29) is 11.0 Å². The van der Waals surface area contributed by atoms with Crippen molar-refractivity contribution in [1.82, 2.24) is 10.0 Å². The topological polar surface area (TPSA) is 58.2 Å². The molecule has 0 spiro atoms. The highest BCUT2D eigenvalue weighted by atomic mass is 79.9. The van der Waals surface area contributed by atoms with E-state index in [0.29, 0.717) is 12.6 Å². The van der Waals surface area contributed by atoms with Crippen molar-refractivity contribution < 1.29 is 17.2 Å². The summed E-state index contributed by atoms with van der Waals surface area (Å²) in [7, 11) is -2.31. The van der Waals surface area contributed by atoms with Crippen LogP contribution in [-0.2, 0) is 10.0 Å². The monoisotopic (exact) mass is 328 g/mol. The second-order valence-electron chi connectivity index (χ2n) is 3.20. The lowest BCUT2D eigenvalue weighted by molar-refractivity contribution is 0.540. The summed E-state index contributed by atoms with van der Waals surface area (Å²) in [4.78, 5) is -0.582. The molecule has 1 rings (SSSR count). The molecule has 0 aliphatic carbocycles. The molecule has 0 bridgehead atoms. The molecule has 0 aromatic heterocycles. The molecule has 0 atom stereocenters. The average molecular weight is 329 g/mol. The van der Waals surface area contributed by atoms with E-state index in [9.17, 15) is 17.2 Å². The van der Waals surface area contributed by atoms with Gasteiger partial charge in [-0.25, -0.2) is 21.9 Å². The van der Waals surface area contributed by atoms with Gasteiger partial charge in [-0.15, -0.1) is 0 Å². The van der Waals surface area contributed by atoms with Gasteiger partial charge in [0.25, 0.3) is 0 Å². The Balaban J connectivity index is 3.03. The van der Waals surface area contributed by atoms with Gasteiger partial charge in [0.05, 0.1) is 4.47 Å². The van der Waals surface area contributed by atoms with E-state index in [4.69, 9.17) is 0 Å². The van der Waals surface area contributed by atoms with Crippen molar-refractivity contribution in [2.75, 3.05) is 20.1 Å². The zero-order chi connectivity index (χ0) is 13.1. The lowest BCUT2D eigenvalue weighted by Crippen LogP contribution is -2.31. The van der Waals surface area contributed by atoms with Gasteiger partial charge in [-0.3, -0.25) is 0 Å². The van der Waals surface area contributed by atoms with Gasteiger partial charge in [-0.1, -0.05) is 0 Å². The highest BCUT2D eigenvalue weighted by Crippen LogP contribution is 2.23. The Morgan fingerprint density at radius 3 is 2.47 bits per heavy atom. The van der Waals surface area contributed by atoms with Gasteiger partial charge in [0.15, 0.2) is 0 Å². The second-order valence-corrected chi connectivity index (χ2v) is 5.79. The Labute approximate surface area is 107 Å². The Bertz CT molecular complexity index is 508. The van der Waals surface area contributed by atoms with Crippen LogP contribution in [0.25, 0.3) is 0 Å². The molecule has 4 nitrogen and oxygen atoms in total. The predicted octanol–water partition coefficient (Wildman–Crippen LogP) is 1.23. The number of sulfonamides is 1. The molecule has 0 heterocycles. The first-order chi connectivity index (χ1) is 7.88. The molecule has 17 heavy (non-hydrogen) atoms. The lowest BCUT2D eigenvalue weighted by Gasteiger charge is -2.08. The summed E-state index contributed by atoms with van der Waals surface area (Å²) in [6.07, 6.45) is 0. The first-order valence-electron chi connectivity index (χ1n) is 4.67. The van der Waals surface area contributed by atoms with Crippen molar-refractivity contribution in [2.45, 2.75) is 4.90 Å². The highest BCUT2D eigenvalue weighted by Gasteiger charge is 2.20. The van der Waals surface area contributed by atoms with E-state index in [2.05, 4.69) is 26.0 Å². The van der Waals surface area contributed by atoms with Crippen LogP contribution >= 0.6 is 15.9 Å². The van der Waals surface area contributed by atoms with Gasteiger partial charge < -0.3 is 5.32 Å². The normalized spacial score (nSPS) is 11.8. The van der Waals surface area contributed by atoms with Gasteiger partial charge >= 0.3 is 0 Å². The minimum atomic E-state index is -3.96. The molecule has 0 unspecified atom stereocenters. The minimum Gasteiger partial charge on any atom is -0.318 e. The highest BCUT2D eigenvalue weighted by molar-refractivity contribution is 9.10. The first kappa shape index (κ1) is 14.5. The molecular formula is C9H11BrF2N2O2S. The summed E-state index contributed by atoms with van der Waals surface area (Å²) in [5.74, 6) is -1.97. The Morgan fingerprint density at radius 2 is 1.88 bits per heavy atom. The largest absolute Gasteiger partial charge is 0.318 e. The average Bonchev–Trinajstić information content (AvgIpc) is 2.23. The van der Waals surface area contributed by atoms with E-state index in [1.807, 2.05) is 0 Å². The van der Waals surface area contributed by atoms with Crippen LogP contribution in [0, 0.1) is 11.6 Å². The molecule has 0 aliphatic rings. The van der Waals surface area contributed by atoms with Crippen LogP contribution in [0.5, 0.6) is 0 Å². The van der Waals surface area contributed by atoms with Crippen LogP contribution in [0.2, 0.25) is 0 Å². The molecule has 0 aliphatic heterocycles. The number of benzene rings is 1. The zero-order valence-electron chi connectivity index (χ0n) is 8.93. The molecule has 0 saturated heterocycles. The van der Waals surface area contributed by atoms with Gasteiger partial charge in [0.1, 0.15) is 16.5 Å². The van der Waals surface area contributed by atoms with Crippen LogP contribution in [-0.4, -0.2) is 28.6 Å². The third-order valence-electron chi connectivity index (χ3n) is 1.93. The van der Waals surface area contributed by atoms with Gasteiger partial charge in [0, 0.05) is 19.2 Å². The summed E-state index contributed by atoms with van der Waals surface area (Å²) in [6, 6.07) is 1.42. The molecule has 1 aromatic rings. The number of likely N-dealkylation sites (N-methyl/N-ethyl adjacent to an activating group) is 1. The molecule has 0 amide bonds. The fraction of sp³-hybridized carbons (Fsp3) is 0.333. The van der Waals surface area contributed by atoms with Crippen molar-refractivity contribution in [3.63, 3.8) is 0 Å². The Hall–Kier alpha value is -0.570. The summed E-state index contributed by atoms with van der Waals surface area (Å²) in [5.41, 5.74) is 0. The fourth-order valence-corrected chi connectivity index (χ4v) is 2.71. The van der Waals surface area contributed by atoms with Crippen molar-refractivity contribution in [2.24, 2.45) is 0 Å². The number of halogens is 3. The van der Waals surface area contributed by atoms with Gasteiger partial charge in [0.2, 0.25) is 10.0 Å². The number of rotatable bonds is 5. The van der Waals surface area contributed by atoms with Crippen molar-refractivity contribution in [1.29, 1.82) is 0 Å². The van der Waals surface area contributed by atoms with E-state index in [0.717, 1.165) is 6.07 Å². The third-order valence-corrected chi connectivity index (χ3v) is 4.02. The number of nitrogens with one attached hydrogen (secondary N) is 2. The predicted molar refractivity (Wildman–Crippen MR) is 63.2 cm³/mol. The smallest absolute Gasteiger partial charge is 0.243 e. The molecule has 96 valence electrons. The summed E-state index contributed by atoms with van der Waals surface area (Å²) in [5, 5.41) is 2.74. The lowest BCUT2D eigenvalue weighted by atomic mass is 10.3. The molecular weight excluding hydrogens is 318 g/mol. The quantitative estimate of drug-likeness (QED) is 0.631. The van der Waals surface area contributed by atoms with Gasteiger partial charge in [-0.05, 0) is 29.0 Å². The number of hydrogen-bond acceptors (Lipinski definition) is 3. The van der Waals surface area contributed by atoms with Crippen LogP contribution in [0.15, 0.2) is 21.5 Å². The molecule has 1 aromatic carbocycles. The summed E-state index contributed by atoms with van der Waals surface area (Å²) < 4.78 is 51.7. The summed E-state index contributed by atoms with van der Waals surface area (Å²) >= 11 is 2.81. The van der Waals surface area contributed by atoms with E-state index in [1.165, 1.54) is 0 Å². The van der Waals surface area contributed by atoms with Crippen LogP contribution in [0.4, 0.5) is 8.78 Å². The Kier molecular flexibility index (Phi) is 4.99. The molecule has 0 radical (unpaired) electrons. The van der Waals surface area contributed by atoms with Crippen molar-refractivity contribution in [3.8, 4) is 0 Å². The van der Waals surface area contributed by atoms with Crippen LogP contribution < -0.4 is 10.0 Å². The number of hydrogen-bond donors (Lipinski definition) is 2. The Morgan fingerprint density at radius 1 is 1.24 bits per heavy atom. The van der Waals surface area contributed by atoms with Crippen LogP contribution in [0.1, 0.15) is 0 Å². The van der Waals surface area contributed by atoms with E-state index in [1.54, 1.807) is 7.05 Å².